The molecule has 0 aromatic heterocycles. The van der Waals surface area contributed by atoms with E-state index in [9.17, 15) is 4.39 Å². The van der Waals surface area contributed by atoms with Gasteiger partial charge in [-0.2, -0.15) is 0 Å². The minimum Gasteiger partial charge on any atom is -1.00 e. The quantitative estimate of drug-likeness (QED) is 0.462. The molecule has 2 aromatic rings. The predicted octanol–water partition coefficient (Wildman–Crippen LogP) is -3.17. The van der Waals surface area contributed by atoms with Crippen molar-refractivity contribution in [1.29, 1.82) is 0 Å². The molecule has 0 bridgehead atoms. The molecule has 1 aliphatic rings. The van der Waals surface area contributed by atoms with Crippen LogP contribution in [0.2, 0.25) is 0 Å². The highest BCUT2D eigenvalue weighted by atomic mass is 35.5. The Morgan fingerprint density at radius 1 is 0.963 bits per heavy atom. The van der Waals surface area contributed by atoms with Gasteiger partial charge in [-0.05, 0) is 12.1 Å². The molecule has 7 heteroatoms. The molecule has 0 radical (unpaired) electrons. The molecule has 1 aliphatic heterocycles. The summed E-state index contributed by atoms with van der Waals surface area (Å²) >= 11 is 0. The summed E-state index contributed by atoms with van der Waals surface area (Å²) in [5, 5.41) is 3.46. The number of ether oxygens (including phenoxy) is 2. The number of rotatable bonds is 8. The molecule has 1 saturated heterocycles. The molecule has 0 unspecified atom stereocenters. The van der Waals surface area contributed by atoms with Crippen LogP contribution in [0.4, 0.5) is 4.39 Å². The Balaban J connectivity index is 0.00000182. The largest absolute Gasteiger partial charge is 1.00 e. The standard InChI is InChI=1S/C20H25FN2O2.2ClH/c21-19-7-3-1-6-18(19)16-25-20-8-4-2-5-17(20)15-22-9-10-23-11-13-24-14-12-23;;/h1-8,22H,9-16H2;2*1H/p-2. The highest BCUT2D eigenvalue weighted by Gasteiger charge is 2.10. The number of nitrogens with zero attached hydrogens (tertiary/aromatic N) is 1. The summed E-state index contributed by atoms with van der Waals surface area (Å²) in [7, 11) is 0. The lowest BCUT2D eigenvalue weighted by Gasteiger charge is -2.26. The Bertz CT molecular complexity index is 670. The molecule has 3 rings (SSSR count). The Morgan fingerprint density at radius 2 is 1.63 bits per heavy atom. The number of halogens is 3. The van der Waals surface area contributed by atoms with E-state index in [1.165, 1.54) is 6.07 Å². The average molecular weight is 415 g/mol. The number of para-hydroxylation sites is 1. The highest BCUT2D eigenvalue weighted by molar-refractivity contribution is 5.33. The van der Waals surface area contributed by atoms with Crippen LogP contribution in [-0.4, -0.2) is 44.3 Å². The third-order valence-corrected chi connectivity index (χ3v) is 4.34. The monoisotopic (exact) mass is 414 g/mol. The van der Waals surface area contributed by atoms with Crippen molar-refractivity contribution in [3.63, 3.8) is 0 Å². The van der Waals surface area contributed by atoms with Crippen molar-refractivity contribution in [3.8, 4) is 5.75 Å². The summed E-state index contributed by atoms with van der Waals surface area (Å²) in [5.41, 5.74) is 1.65. The van der Waals surface area contributed by atoms with E-state index >= 15 is 0 Å². The SMILES string of the molecule is Fc1ccccc1COc1ccccc1CNCCN1CCOCC1.[Cl-].[Cl-]. The van der Waals surface area contributed by atoms with Crippen LogP contribution >= 0.6 is 0 Å². The van der Waals surface area contributed by atoms with Crippen LogP contribution in [0.25, 0.3) is 0 Å². The third-order valence-electron chi connectivity index (χ3n) is 4.34. The number of hydrogen-bond donors (Lipinski definition) is 1. The van der Waals surface area contributed by atoms with E-state index in [0.29, 0.717) is 5.56 Å². The van der Waals surface area contributed by atoms with E-state index < -0.39 is 0 Å². The minimum atomic E-state index is -0.233. The molecule has 1 heterocycles. The topological polar surface area (TPSA) is 33.7 Å². The molecule has 1 N–H and O–H groups in total. The first-order chi connectivity index (χ1) is 12.3. The Morgan fingerprint density at radius 3 is 2.37 bits per heavy atom. The molecule has 27 heavy (non-hydrogen) atoms. The lowest BCUT2D eigenvalue weighted by Crippen LogP contribution is -3.00. The molecule has 1 fully saturated rings. The lowest BCUT2D eigenvalue weighted by molar-refractivity contribution is -0.001000. The van der Waals surface area contributed by atoms with Gasteiger partial charge in [-0.15, -0.1) is 0 Å². The Kier molecular flexibility index (Phi) is 11.3. The van der Waals surface area contributed by atoms with E-state index in [1.54, 1.807) is 12.1 Å². The Hall–Kier alpha value is -1.37. The summed E-state index contributed by atoms with van der Waals surface area (Å²) < 4.78 is 24.9. The smallest absolute Gasteiger partial charge is 0.129 e. The maximum atomic E-state index is 13.7. The number of morpholine rings is 1. The van der Waals surface area contributed by atoms with Gasteiger partial charge in [0.15, 0.2) is 0 Å². The predicted molar refractivity (Wildman–Crippen MR) is 96.1 cm³/mol. The van der Waals surface area contributed by atoms with Crippen LogP contribution in [0.1, 0.15) is 11.1 Å². The van der Waals surface area contributed by atoms with Gasteiger partial charge in [0, 0.05) is 43.9 Å². The maximum absolute atomic E-state index is 13.7. The zero-order chi connectivity index (χ0) is 17.3. The third kappa shape index (κ3) is 7.64. The van der Waals surface area contributed by atoms with Crippen molar-refractivity contribution in [2.45, 2.75) is 13.2 Å². The fourth-order valence-electron chi connectivity index (χ4n) is 2.85. The molecule has 150 valence electrons. The van der Waals surface area contributed by atoms with Crippen LogP contribution < -0.4 is 34.9 Å². The van der Waals surface area contributed by atoms with Crippen molar-refractivity contribution in [2.24, 2.45) is 0 Å². The molecule has 0 spiro atoms. The zero-order valence-corrected chi connectivity index (χ0v) is 16.7. The van der Waals surface area contributed by atoms with Gasteiger partial charge in [-0.3, -0.25) is 4.90 Å². The number of benzene rings is 2. The number of hydrogen-bond acceptors (Lipinski definition) is 4. The fourth-order valence-corrected chi connectivity index (χ4v) is 2.85. The van der Waals surface area contributed by atoms with Gasteiger partial charge < -0.3 is 39.6 Å². The second-order valence-corrected chi connectivity index (χ2v) is 6.12. The van der Waals surface area contributed by atoms with Crippen LogP contribution in [-0.2, 0) is 17.9 Å². The highest BCUT2D eigenvalue weighted by Crippen LogP contribution is 2.20. The van der Waals surface area contributed by atoms with Crippen molar-refractivity contribution in [1.82, 2.24) is 10.2 Å². The van der Waals surface area contributed by atoms with Crippen LogP contribution in [0.15, 0.2) is 48.5 Å². The van der Waals surface area contributed by atoms with Gasteiger partial charge in [0.1, 0.15) is 18.2 Å². The number of nitrogens with one attached hydrogen (secondary N) is 1. The average Bonchev–Trinajstić information content (AvgIpc) is 2.66. The van der Waals surface area contributed by atoms with E-state index in [1.807, 2.05) is 30.3 Å². The van der Waals surface area contributed by atoms with Crippen molar-refractivity contribution in [3.05, 3.63) is 65.5 Å². The second kappa shape index (κ2) is 12.9. The first-order valence-electron chi connectivity index (χ1n) is 8.78. The van der Waals surface area contributed by atoms with Gasteiger partial charge in [0.25, 0.3) is 0 Å². The molecule has 0 atom stereocenters. The summed E-state index contributed by atoms with van der Waals surface area (Å²) in [6, 6.07) is 14.6. The zero-order valence-electron chi connectivity index (χ0n) is 15.2. The van der Waals surface area contributed by atoms with Crippen LogP contribution in [0.3, 0.4) is 0 Å². The van der Waals surface area contributed by atoms with Gasteiger partial charge in [-0.25, -0.2) is 4.39 Å². The summed E-state index contributed by atoms with van der Waals surface area (Å²) in [6.45, 7) is 6.56. The van der Waals surface area contributed by atoms with Gasteiger partial charge in [0.05, 0.1) is 13.2 Å². The maximum Gasteiger partial charge on any atom is 0.129 e. The van der Waals surface area contributed by atoms with E-state index in [4.69, 9.17) is 9.47 Å². The van der Waals surface area contributed by atoms with E-state index in [0.717, 1.165) is 57.3 Å². The molecule has 4 nitrogen and oxygen atoms in total. The van der Waals surface area contributed by atoms with E-state index in [2.05, 4.69) is 10.2 Å². The van der Waals surface area contributed by atoms with Gasteiger partial charge in [0.2, 0.25) is 0 Å². The summed E-state index contributed by atoms with van der Waals surface area (Å²) in [5.74, 6) is 0.563. The van der Waals surface area contributed by atoms with Crippen molar-refractivity contribution in [2.75, 3.05) is 39.4 Å². The summed E-state index contributed by atoms with van der Waals surface area (Å²) in [4.78, 5) is 2.40. The van der Waals surface area contributed by atoms with E-state index in [-0.39, 0.29) is 37.2 Å². The molecule has 2 aromatic carbocycles. The molecule has 0 amide bonds. The first kappa shape index (κ1) is 23.7. The summed E-state index contributed by atoms with van der Waals surface area (Å²) in [6.07, 6.45) is 0. The van der Waals surface area contributed by atoms with Crippen molar-refractivity contribution >= 4 is 0 Å². The van der Waals surface area contributed by atoms with Crippen molar-refractivity contribution < 1.29 is 38.7 Å². The molecule has 0 saturated carbocycles. The van der Waals surface area contributed by atoms with Crippen LogP contribution in [0, 0.1) is 5.82 Å². The van der Waals surface area contributed by atoms with Gasteiger partial charge >= 0.3 is 0 Å². The Labute approximate surface area is 172 Å². The normalized spacial score (nSPS) is 14.1. The lowest BCUT2D eigenvalue weighted by atomic mass is 10.2. The fraction of sp³-hybridized carbons (Fsp3) is 0.400. The van der Waals surface area contributed by atoms with Gasteiger partial charge in [-0.1, -0.05) is 36.4 Å². The minimum absolute atomic E-state index is 0. The second-order valence-electron chi connectivity index (χ2n) is 6.12. The molecule has 0 aliphatic carbocycles. The van der Waals surface area contributed by atoms with Crippen LogP contribution in [0.5, 0.6) is 5.75 Å². The molecular weight excluding hydrogens is 390 g/mol. The first-order valence-corrected chi connectivity index (χ1v) is 8.78. The molecular formula is C20H25Cl2FN2O2-2.